The summed E-state index contributed by atoms with van der Waals surface area (Å²) in [6.07, 6.45) is 0.916. The van der Waals surface area contributed by atoms with Crippen molar-refractivity contribution in [3.8, 4) is 5.75 Å². The number of halogens is 1. The molecule has 0 atom stereocenters. The van der Waals surface area contributed by atoms with Crippen LogP contribution >= 0.6 is 11.6 Å². The summed E-state index contributed by atoms with van der Waals surface area (Å²) in [6.45, 7) is 0.822. The minimum atomic E-state index is -0.160. The molecule has 0 unspecified atom stereocenters. The summed E-state index contributed by atoms with van der Waals surface area (Å²) >= 11 is 5.84. The molecule has 0 aliphatic rings. The van der Waals surface area contributed by atoms with Crippen LogP contribution in [0.2, 0.25) is 5.02 Å². The number of nitrogens with one attached hydrogen (secondary N) is 2. The van der Waals surface area contributed by atoms with Crippen LogP contribution < -0.4 is 15.4 Å². The van der Waals surface area contributed by atoms with Gasteiger partial charge in [0.25, 0.3) is 5.91 Å². The van der Waals surface area contributed by atoms with Crippen molar-refractivity contribution >= 4 is 28.9 Å². The fourth-order valence-corrected chi connectivity index (χ4v) is 2.75. The minimum absolute atomic E-state index is 0.160. The molecule has 0 saturated heterocycles. The van der Waals surface area contributed by atoms with Gasteiger partial charge in [-0.25, -0.2) is 0 Å². The molecule has 0 heterocycles. The highest BCUT2D eigenvalue weighted by Gasteiger charge is 2.05. The Morgan fingerprint density at radius 1 is 0.889 bits per heavy atom. The summed E-state index contributed by atoms with van der Waals surface area (Å²) in [4.78, 5) is 12.2. The van der Waals surface area contributed by atoms with E-state index in [1.54, 1.807) is 31.4 Å². The first-order chi connectivity index (χ1) is 13.1. The molecule has 0 bridgehead atoms. The van der Waals surface area contributed by atoms with Crippen molar-refractivity contribution in [2.24, 2.45) is 0 Å². The molecule has 0 aliphatic heterocycles. The summed E-state index contributed by atoms with van der Waals surface area (Å²) in [7, 11) is 1.66. The van der Waals surface area contributed by atoms with Gasteiger partial charge in [0.15, 0.2) is 0 Å². The summed E-state index contributed by atoms with van der Waals surface area (Å²) in [5.41, 5.74) is 3.57. The van der Waals surface area contributed by atoms with Gasteiger partial charge >= 0.3 is 0 Å². The van der Waals surface area contributed by atoms with E-state index in [1.165, 1.54) is 5.56 Å². The molecular formula is C22H21ClN2O2. The van der Waals surface area contributed by atoms with Gasteiger partial charge in [-0.3, -0.25) is 4.79 Å². The SMILES string of the molecule is COc1ccc(CCNc2ccc(NC(=O)c3ccc(Cl)cc3)cc2)cc1. The second-order valence-electron chi connectivity index (χ2n) is 6.06. The summed E-state index contributed by atoms with van der Waals surface area (Å²) in [6, 6.07) is 22.5. The van der Waals surface area contributed by atoms with E-state index in [0.29, 0.717) is 10.6 Å². The van der Waals surface area contributed by atoms with Crippen LogP contribution in [0.5, 0.6) is 5.75 Å². The van der Waals surface area contributed by atoms with Crippen LogP contribution in [-0.4, -0.2) is 19.6 Å². The van der Waals surface area contributed by atoms with E-state index in [-0.39, 0.29) is 5.91 Å². The molecule has 3 aromatic carbocycles. The largest absolute Gasteiger partial charge is 0.497 e. The van der Waals surface area contributed by atoms with E-state index in [4.69, 9.17) is 16.3 Å². The summed E-state index contributed by atoms with van der Waals surface area (Å²) in [5.74, 6) is 0.704. The number of anilines is 2. The third kappa shape index (κ3) is 5.50. The fraction of sp³-hybridized carbons (Fsp3) is 0.136. The number of hydrogen-bond acceptors (Lipinski definition) is 3. The van der Waals surface area contributed by atoms with Crippen molar-refractivity contribution in [2.45, 2.75) is 6.42 Å². The van der Waals surface area contributed by atoms with Crippen molar-refractivity contribution in [1.82, 2.24) is 0 Å². The van der Waals surface area contributed by atoms with Gasteiger partial charge in [-0.2, -0.15) is 0 Å². The molecule has 3 rings (SSSR count). The van der Waals surface area contributed by atoms with Gasteiger partial charge in [-0.15, -0.1) is 0 Å². The van der Waals surface area contributed by atoms with Gasteiger partial charge in [-0.1, -0.05) is 23.7 Å². The highest BCUT2D eigenvalue weighted by atomic mass is 35.5. The van der Waals surface area contributed by atoms with E-state index < -0.39 is 0 Å². The monoisotopic (exact) mass is 380 g/mol. The second-order valence-corrected chi connectivity index (χ2v) is 6.50. The molecule has 0 aliphatic carbocycles. The van der Waals surface area contributed by atoms with E-state index in [2.05, 4.69) is 22.8 Å². The van der Waals surface area contributed by atoms with Gasteiger partial charge < -0.3 is 15.4 Å². The van der Waals surface area contributed by atoms with Crippen LogP contribution in [0.3, 0.4) is 0 Å². The molecular weight excluding hydrogens is 360 g/mol. The van der Waals surface area contributed by atoms with Gasteiger partial charge in [-0.05, 0) is 72.6 Å². The normalized spacial score (nSPS) is 10.3. The van der Waals surface area contributed by atoms with Crippen molar-refractivity contribution in [3.05, 3.63) is 88.9 Å². The maximum Gasteiger partial charge on any atom is 0.255 e. The Balaban J connectivity index is 1.49. The number of hydrogen-bond donors (Lipinski definition) is 2. The number of carbonyl (C=O) groups excluding carboxylic acids is 1. The predicted octanol–water partition coefficient (Wildman–Crippen LogP) is 5.26. The van der Waals surface area contributed by atoms with Crippen LogP contribution in [0.15, 0.2) is 72.8 Å². The van der Waals surface area contributed by atoms with Gasteiger partial charge in [0.05, 0.1) is 7.11 Å². The molecule has 138 valence electrons. The standard InChI is InChI=1S/C22H21ClN2O2/c1-27-21-12-2-16(3-13-21)14-15-24-19-8-10-20(11-9-19)25-22(26)17-4-6-18(23)7-5-17/h2-13,24H,14-15H2,1H3,(H,25,26). The highest BCUT2D eigenvalue weighted by Crippen LogP contribution is 2.16. The molecule has 0 fully saturated rings. The van der Waals surface area contributed by atoms with Crippen LogP contribution in [0, 0.1) is 0 Å². The Kier molecular flexibility index (Phi) is 6.34. The molecule has 2 N–H and O–H groups in total. The van der Waals surface area contributed by atoms with Crippen LogP contribution in [0.1, 0.15) is 15.9 Å². The zero-order valence-electron chi connectivity index (χ0n) is 15.0. The molecule has 0 radical (unpaired) electrons. The number of carbonyl (C=O) groups is 1. The molecule has 27 heavy (non-hydrogen) atoms. The van der Waals surface area contributed by atoms with Gasteiger partial charge in [0, 0.05) is 28.5 Å². The third-order valence-electron chi connectivity index (χ3n) is 4.15. The first kappa shape index (κ1) is 18.8. The Morgan fingerprint density at radius 3 is 2.15 bits per heavy atom. The number of ether oxygens (including phenoxy) is 1. The average Bonchev–Trinajstić information content (AvgIpc) is 2.70. The average molecular weight is 381 g/mol. The molecule has 4 nitrogen and oxygen atoms in total. The van der Waals surface area contributed by atoms with E-state index in [0.717, 1.165) is 30.1 Å². The first-order valence-corrected chi connectivity index (χ1v) is 9.05. The van der Waals surface area contributed by atoms with Crippen LogP contribution in [0.4, 0.5) is 11.4 Å². The zero-order valence-corrected chi connectivity index (χ0v) is 15.8. The number of amides is 1. The number of methoxy groups -OCH3 is 1. The van der Waals surface area contributed by atoms with E-state index >= 15 is 0 Å². The Morgan fingerprint density at radius 2 is 1.52 bits per heavy atom. The molecule has 0 saturated carbocycles. The third-order valence-corrected chi connectivity index (χ3v) is 4.40. The van der Waals surface area contributed by atoms with Crippen molar-refractivity contribution in [3.63, 3.8) is 0 Å². The lowest BCUT2D eigenvalue weighted by Gasteiger charge is -2.09. The Bertz CT molecular complexity index is 876. The predicted molar refractivity (Wildman–Crippen MR) is 111 cm³/mol. The van der Waals surface area contributed by atoms with Crippen LogP contribution in [0.25, 0.3) is 0 Å². The summed E-state index contributed by atoms with van der Waals surface area (Å²) < 4.78 is 5.16. The molecule has 5 heteroatoms. The minimum Gasteiger partial charge on any atom is -0.497 e. The first-order valence-electron chi connectivity index (χ1n) is 8.68. The number of rotatable bonds is 7. The smallest absolute Gasteiger partial charge is 0.255 e. The fourth-order valence-electron chi connectivity index (χ4n) is 2.62. The lowest BCUT2D eigenvalue weighted by atomic mass is 10.1. The van der Waals surface area contributed by atoms with Crippen molar-refractivity contribution in [1.29, 1.82) is 0 Å². The Labute approximate surface area is 164 Å². The molecule has 3 aromatic rings. The maximum atomic E-state index is 12.2. The molecule has 1 amide bonds. The lowest BCUT2D eigenvalue weighted by Crippen LogP contribution is -2.11. The van der Waals surface area contributed by atoms with E-state index in [9.17, 15) is 4.79 Å². The maximum absolute atomic E-state index is 12.2. The second kappa shape index (κ2) is 9.10. The van der Waals surface area contributed by atoms with Crippen molar-refractivity contribution in [2.75, 3.05) is 24.3 Å². The Hall–Kier alpha value is -2.98. The molecule has 0 spiro atoms. The topological polar surface area (TPSA) is 50.4 Å². The zero-order chi connectivity index (χ0) is 19.1. The van der Waals surface area contributed by atoms with Crippen molar-refractivity contribution < 1.29 is 9.53 Å². The molecule has 0 aromatic heterocycles. The number of benzene rings is 3. The summed E-state index contributed by atoms with van der Waals surface area (Å²) in [5, 5.41) is 6.87. The van der Waals surface area contributed by atoms with Crippen LogP contribution in [-0.2, 0) is 6.42 Å². The quantitative estimate of drug-likeness (QED) is 0.588. The van der Waals surface area contributed by atoms with Gasteiger partial charge in [0.1, 0.15) is 5.75 Å². The lowest BCUT2D eigenvalue weighted by molar-refractivity contribution is 0.102. The van der Waals surface area contributed by atoms with Gasteiger partial charge in [0.2, 0.25) is 0 Å². The highest BCUT2D eigenvalue weighted by molar-refractivity contribution is 6.30. The van der Waals surface area contributed by atoms with E-state index in [1.807, 2.05) is 36.4 Å².